The van der Waals surface area contributed by atoms with Crippen molar-refractivity contribution in [3.8, 4) is 0 Å². The minimum Gasteiger partial charge on any atom is -0.376 e. The second kappa shape index (κ2) is 7.03. The van der Waals surface area contributed by atoms with Crippen LogP contribution in [0.15, 0.2) is 18.5 Å². The van der Waals surface area contributed by atoms with E-state index in [9.17, 15) is 0 Å². The predicted octanol–water partition coefficient (Wildman–Crippen LogP) is 3.75. The largest absolute Gasteiger partial charge is 0.376 e. The molecule has 1 aromatic heterocycles. The Bertz CT molecular complexity index is 549. The van der Waals surface area contributed by atoms with E-state index in [1.54, 1.807) is 0 Å². The summed E-state index contributed by atoms with van der Waals surface area (Å²) in [5.74, 6) is 3.51. The van der Waals surface area contributed by atoms with Gasteiger partial charge in [0.05, 0.1) is 12.1 Å². The van der Waals surface area contributed by atoms with Crippen LogP contribution in [-0.4, -0.2) is 47.0 Å². The van der Waals surface area contributed by atoms with Gasteiger partial charge in [-0.05, 0) is 68.3 Å². The number of hydrogen-bond acceptors (Lipinski definition) is 3. The molecular weight excluding hydrogens is 310 g/mol. The predicted molar refractivity (Wildman–Crippen MR) is 98.3 cm³/mol. The molecule has 1 aromatic rings. The number of rotatable bonds is 6. The molecule has 1 aliphatic heterocycles. The summed E-state index contributed by atoms with van der Waals surface area (Å²) in [5.41, 5.74) is 0. The van der Waals surface area contributed by atoms with Crippen molar-refractivity contribution in [3.05, 3.63) is 18.5 Å². The Labute approximate surface area is 151 Å². The van der Waals surface area contributed by atoms with Crippen LogP contribution in [0.1, 0.15) is 57.4 Å². The van der Waals surface area contributed by atoms with Crippen LogP contribution >= 0.6 is 0 Å². The molecule has 138 valence electrons. The van der Waals surface area contributed by atoms with E-state index >= 15 is 0 Å². The van der Waals surface area contributed by atoms with Crippen molar-refractivity contribution >= 4 is 0 Å². The van der Waals surface area contributed by atoms with Crippen molar-refractivity contribution in [1.29, 1.82) is 0 Å². The molecule has 4 aliphatic rings. The third-order valence-electron chi connectivity index (χ3n) is 7.26. The molecule has 5 rings (SSSR count). The molecule has 0 radical (unpaired) electrons. The molecule has 2 heterocycles. The molecule has 0 unspecified atom stereocenters. The van der Waals surface area contributed by atoms with Crippen LogP contribution in [0, 0.1) is 23.7 Å². The highest BCUT2D eigenvalue weighted by atomic mass is 16.5. The lowest BCUT2D eigenvalue weighted by Gasteiger charge is -2.38. The lowest BCUT2D eigenvalue weighted by Crippen LogP contribution is -2.38. The smallest absolute Gasteiger partial charge is 0.0802 e. The van der Waals surface area contributed by atoms with Crippen LogP contribution in [0.25, 0.3) is 0 Å². The fraction of sp³-hybridized carbons (Fsp3) is 0.857. The minimum atomic E-state index is 0.369. The molecule has 4 atom stereocenters. The van der Waals surface area contributed by atoms with Gasteiger partial charge in [-0.3, -0.25) is 4.68 Å². The zero-order valence-electron chi connectivity index (χ0n) is 15.4. The molecule has 0 spiro atoms. The molecular formula is C21H33N3O. The Morgan fingerprint density at radius 3 is 2.48 bits per heavy atom. The number of ether oxygens (including phenoxy) is 1. The van der Waals surface area contributed by atoms with Gasteiger partial charge in [-0.1, -0.05) is 12.8 Å². The summed E-state index contributed by atoms with van der Waals surface area (Å²) in [6.07, 6.45) is 15.5. The number of aromatic nitrogens is 2. The van der Waals surface area contributed by atoms with E-state index in [0.29, 0.717) is 12.1 Å². The van der Waals surface area contributed by atoms with Crippen LogP contribution in [-0.2, 0) is 4.74 Å². The average molecular weight is 344 g/mol. The fourth-order valence-electron chi connectivity index (χ4n) is 5.67. The first kappa shape index (κ1) is 16.3. The first-order valence-electron chi connectivity index (χ1n) is 10.7. The molecule has 3 saturated carbocycles. The Balaban J connectivity index is 1.24. The minimum absolute atomic E-state index is 0.369. The highest BCUT2D eigenvalue weighted by Crippen LogP contribution is 2.43. The number of likely N-dealkylation sites (tertiary alicyclic amines) is 1. The van der Waals surface area contributed by atoms with Crippen LogP contribution in [0.5, 0.6) is 0 Å². The van der Waals surface area contributed by atoms with E-state index in [1.807, 2.05) is 6.20 Å². The van der Waals surface area contributed by atoms with Crippen molar-refractivity contribution in [2.45, 2.75) is 63.5 Å². The van der Waals surface area contributed by atoms with E-state index in [-0.39, 0.29) is 0 Å². The van der Waals surface area contributed by atoms with Gasteiger partial charge in [0.25, 0.3) is 0 Å². The summed E-state index contributed by atoms with van der Waals surface area (Å²) in [6, 6.07) is 2.51. The summed E-state index contributed by atoms with van der Waals surface area (Å²) >= 11 is 0. The molecule has 0 N–H and O–H groups in total. The van der Waals surface area contributed by atoms with Gasteiger partial charge < -0.3 is 9.64 Å². The topological polar surface area (TPSA) is 30.3 Å². The van der Waals surface area contributed by atoms with E-state index in [2.05, 4.69) is 26.9 Å². The third kappa shape index (κ3) is 3.66. The van der Waals surface area contributed by atoms with Crippen molar-refractivity contribution in [2.24, 2.45) is 23.7 Å². The number of fused-ring (bicyclic) bond motifs is 1. The molecule has 3 aliphatic carbocycles. The van der Waals surface area contributed by atoms with Crippen LogP contribution in [0.3, 0.4) is 0 Å². The van der Waals surface area contributed by atoms with E-state index < -0.39 is 0 Å². The molecule has 0 amide bonds. The summed E-state index contributed by atoms with van der Waals surface area (Å²) < 4.78 is 8.63. The highest BCUT2D eigenvalue weighted by Gasteiger charge is 2.44. The fourth-order valence-corrected chi connectivity index (χ4v) is 5.67. The summed E-state index contributed by atoms with van der Waals surface area (Å²) in [5, 5.41) is 4.57. The van der Waals surface area contributed by atoms with Gasteiger partial charge in [0.15, 0.2) is 0 Å². The Hall–Kier alpha value is -0.870. The zero-order chi connectivity index (χ0) is 16.6. The molecule has 4 nitrogen and oxygen atoms in total. The summed E-state index contributed by atoms with van der Waals surface area (Å²) in [7, 11) is 0. The van der Waals surface area contributed by atoms with Crippen molar-refractivity contribution in [3.63, 3.8) is 0 Å². The quantitative estimate of drug-likeness (QED) is 0.788. The van der Waals surface area contributed by atoms with Gasteiger partial charge in [0, 0.05) is 38.6 Å². The third-order valence-corrected chi connectivity index (χ3v) is 7.26. The Morgan fingerprint density at radius 2 is 1.76 bits per heavy atom. The molecule has 1 saturated heterocycles. The normalized spacial score (nSPS) is 36.8. The van der Waals surface area contributed by atoms with E-state index in [1.165, 1.54) is 71.0 Å². The van der Waals surface area contributed by atoms with Gasteiger partial charge in [-0.15, -0.1) is 0 Å². The van der Waals surface area contributed by atoms with Crippen LogP contribution < -0.4 is 0 Å². The number of nitrogens with zero attached hydrogens (tertiary/aromatic N) is 3. The second-order valence-corrected chi connectivity index (χ2v) is 9.23. The van der Waals surface area contributed by atoms with Gasteiger partial charge >= 0.3 is 0 Å². The Kier molecular flexibility index (Phi) is 4.59. The average Bonchev–Trinajstić information content (AvgIpc) is 3.04. The number of hydrogen-bond donors (Lipinski definition) is 0. The lowest BCUT2D eigenvalue weighted by atomic mass is 9.77. The maximum absolute atomic E-state index is 6.44. The second-order valence-electron chi connectivity index (χ2n) is 9.23. The Morgan fingerprint density at radius 1 is 0.960 bits per heavy atom. The first-order valence-corrected chi connectivity index (χ1v) is 10.7. The van der Waals surface area contributed by atoms with Gasteiger partial charge in [-0.2, -0.15) is 5.10 Å². The molecule has 4 heteroatoms. The first-order chi connectivity index (χ1) is 12.3. The van der Waals surface area contributed by atoms with E-state index in [4.69, 9.17) is 4.74 Å². The molecule has 0 bridgehead atoms. The summed E-state index contributed by atoms with van der Waals surface area (Å²) in [6.45, 7) is 4.96. The molecule has 4 fully saturated rings. The van der Waals surface area contributed by atoms with Gasteiger partial charge in [-0.25, -0.2) is 0 Å². The van der Waals surface area contributed by atoms with Gasteiger partial charge in [0.2, 0.25) is 0 Å². The zero-order valence-corrected chi connectivity index (χ0v) is 15.4. The van der Waals surface area contributed by atoms with Crippen LogP contribution in [0.2, 0.25) is 0 Å². The molecule has 0 aromatic carbocycles. The monoisotopic (exact) mass is 343 g/mol. The maximum Gasteiger partial charge on any atom is 0.0802 e. The van der Waals surface area contributed by atoms with E-state index in [0.717, 1.165) is 30.3 Å². The SMILES string of the molecule is c1cnn([C@H]2C[C@H]3CN(CC4CCCC4)C[C@H]3C[C@@H]2OCC2CC2)c1. The summed E-state index contributed by atoms with van der Waals surface area (Å²) in [4.78, 5) is 2.79. The van der Waals surface area contributed by atoms with Gasteiger partial charge in [0.1, 0.15) is 0 Å². The maximum atomic E-state index is 6.44. The highest BCUT2D eigenvalue weighted by molar-refractivity contribution is 4.97. The molecule has 25 heavy (non-hydrogen) atoms. The lowest BCUT2D eigenvalue weighted by molar-refractivity contribution is -0.0371. The van der Waals surface area contributed by atoms with Crippen molar-refractivity contribution in [2.75, 3.05) is 26.2 Å². The standard InChI is InChI=1S/C21H33N3O/c1-2-5-16(4-1)12-23-13-18-10-20(24-9-3-8-22-24)21(11-19(18)14-23)25-15-17-6-7-17/h3,8-9,16-21H,1-2,4-7,10-15H2/t18-,19+,20-,21-/m0/s1. The van der Waals surface area contributed by atoms with Crippen molar-refractivity contribution < 1.29 is 4.74 Å². The van der Waals surface area contributed by atoms with Crippen LogP contribution in [0.4, 0.5) is 0 Å². The van der Waals surface area contributed by atoms with Crippen molar-refractivity contribution in [1.82, 2.24) is 14.7 Å².